The van der Waals surface area contributed by atoms with E-state index in [1.807, 2.05) is 6.92 Å². The fourth-order valence-electron chi connectivity index (χ4n) is 0.802. The summed E-state index contributed by atoms with van der Waals surface area (Å²) in [7, 11) is 0. The van der Waals surface area contributed by atoms with E-state index in [0.29, 0.717) is 6.54 Å². The monoisotopic (exact) mass is 210 g/mol. The van der Waals surface area contributed by atoms with Crippen molar-refractivity contribution in [3.63, 3.8) is 0 Å². The molecule has 1 aromatic heterocycles. The molecule has 1 heterocycles. The summed E-state index contributed by atoms with van der Waals surface area (Å²) in [6.07, 6.45) is 0. The number of aromatic amines is 1. The molecule has 70 valence electrons. The Bertz CT molecular complexity index is 285. The summed E-state index contributed by atoms with van der Waals surface area (Å²) in [5.41, 5.74) is 7.10. The minimum Gasteiger partial charge on any atom is -0.325 e. The van der Waals surface area contributed by atoms with Crippen molar-refractivity contribution in [1.29, 1.82) is 0 Å². The Morgan fingerprint density at radius 2 is 2.00 bits per heavy atom. The van der Waals surface area contributed by atoms with Crippen LogP contribution in [-0.4, -0.2) is 4.98 Å². The molecule has 0 aliphatic rings. The van der Waals surface area contributed by atoms with Crippen LogP contribution in [0.5, 0.6) is 0 Å². The standard InChI is InChI=1S/C7H10N2O.2ClH/c1-5-2-3-7(10)9-6(5)4-8;;/h2-3H,4,8H2,1H3,(H,9,10);2*1H. The van der Waals surface area contributed by atoms with E-state index in [0.717, 1.165) is 11.3 Å². The number of rotatable bonds is 1. The van der Waals surface area contributed by atoms with E-state index in [2.05, 4.69) is 4.98 Å². The summed E-state index contributed by atoms with van der Waals surface area (Å²) in [6, 6.07) is 3.26. The molecule has 0 aliphatic carbocycles. The molecule has 0 aliphatic heterocycles. The number of aryl methyl sites for hydroxylation is 1. The van der Waals surface area contributed by atoms with E-state index in [-0.39, 0.29) is 30.4 Å². The topological polar surface area (TPSA) is 58.9 Å². The second-order valence-electron chi connectivity index (χ2n) is 2.19. The van der Waals surface area contributed by atoms with Crippen molar-refractivity contribution in [2.24, 2.45) is 5.73 Å². The van der Waals surface area contributed by atoms with Gasteiger partial charge in [-0.15, -0.1) is 24.8 Å². The SMILES string of the molecule is Cc1ccc(=O)[nH]c1CN.Cl.Cl. The molecule has 1 rings (SSSR count). The van der Waals surface area contributed by atoms with Gasteiger partial charge in [0.05, 0.1) is 0 Å². The van der Waals surface area contributed by atoms with Crippen LogP contribution in [0.1, 0.15) is 11.3 Å². The summed E-state index contributed by atoms with van der Waals surface area (Å²) >= 11 is 0. The smallest absolute Gasteiger partial charge is 0.248 e. The molecule has 3 N–H and O–H groups in total. The quantitative estimate of drug-likeness (QED) is 0.727. The Hall–Kier alpha value is -0.510. The van der Waals surface area contributed by atoms with Crippen LogP contribution in [0, 0.1) is 6.92 Å². The second-order valence-corrected chi connectivity index (χ2v) is 2.19. The summed E-state index contributed by atoms with van der Waals surface area (Å²) in [5, 5.41) is 0. The number of pyridine rings is 1. The van der Waals surface area contributed by atoms with Gasteiger partial charge in [-0.2, -0.15) is 0 Å². The van der Waals surface area contributed by atoms with Crippen molar-refractivity contribution in [1.82, 2.24) is 4.98 Å². The molecule has 0 radical (unpaired) electrons. The molecule has 5 heteroatoms. The highest BCUT2D eigenvalue weighted by Crippen LogP contribution is 1.97. The van der Waals surface area contributed by atoms with Crippen LogP contribution in [0.25, 0.3) is 0 Å². The zero-order valence-electron chi connectivity index (χ0n) is 6.66. The van der Waals surface area contributed by atoms with Gasteiger partial charge >= 0.3 is 0 Å². The summed E-state index contributed by atoms with van der Waals surface area (Å²) < 4.78 is 0. The first-order valence-corrected chi connectivity index (χ1v) is 3.13. The molecular formula is C7H12Cl2N2O. The molecule has 0 unspecified atom stereocenters. The van der Waals surface area contributed by atoms with Crippen molar-refractivity contribution in [3.8, 4) is 0 Å². The number of H-pyrrole nitrogens is 1. The lowest BCUT2D eigenvalue weighted by Gasteiger charge is -1.98. The zero-order chi connectivity index (χ0) is 7.56. The third kappa shape index (κ3) is 3.26. The molecule has 0 fully saturated rings. The molecular weight excluding hydrogens is 199 g/mol. The highest BCUT2D eigenvalue weighted by Gasteiger charge is 1.93. The van der Waals surface area contributed by atoms with Gasteiger partial charge in [0.1, 0.15) is 0 Å². The largest absolute Gasteiger partial charge is 0.325 e. The van der Waals surface area contributed by atoms with Crippen LogP contribution in [0.2, 0.25) is 0 Å². The molecule has 0 saturated heterocycles. The average molecular weight is 211 g/mol. The highest BCUT2D eigenvalue weighted by atomic mass is 35.5. The molecule has 0 amide bonds. The number of hydrogen-bond acceptors (Lipinski definition) is 2. The zero-order valence-corrected chi connectivity index (χ0v) is 8.30. The van der Waals surface area contributed by atoms with Crippen LogP contribution >= 0.6 is 24.8 Å². The van der Waals surface area contributed by atoms with E-state index >= 15 is 0 Å². The normalized spacial score (nSPS) is 8.17. The lowest BCUT2D eigenvalue weighted by atomic mass is 10.2. The number of nitrogens with one attached hydrogen (secondary N) is 1. The Morgan fingerprint density at radius 3 is 2.42 bits per heavy atom. The van der Waals surface area contributed by atoms with Gasteiger partial charge in [-0.05, 0) is 12.5 Å². The summed E-state index contributed by atoms with van der Waals surface area (Å²) in [5.74, 6) is 0. The minimum absolute atomic E-state index is 0. The first-order valence-electron chi connectivity index (χ1n) is 3.13. The number of nitrogens with two attached hydrogens (primary N) is 1. The van der Waals surface area contributed by atoms with E-state index in [1.54, 1.807) is 6.07 Å². The second kappa shape index (κ2) is 6.06. The fraction of sp³-hybridized carbons (Fsp3) is 0.286. The van der Waals surface area contributed by atoms with Crippen LogP contribution in [0.15, 0.2) is 16.9 Å². The fourth-order valence-corrected chi connectivity index (χ4v) is 0.802. The third-order valence-corrected chi connectivity index (χ3v) is 1.44. The van der Waals surface area contributed by atoms with Gasteiger partial charge in [-0.1, -0.05) is 6.07 Å². The molecule has 0 atom stereocenters. The van der Waals surface area contributed by atoms with E-state index in [1.165, 1.54) is 6.07 Å². The predicted octanol–water partition coefficient (Wildman–Crippen LogP) is 0.986. The average Bonchev–Trinajstić information content (AvgIpc) is 1.94. The molecule has 3 nitrogen and oxygen atoms in total. The Labute approximate surface area is 83.2 Å². The molecule has 12 heavy (non-hydrogen) atoms. The van der Waals surface area contributed by atoms with Gasteiger partial charge in [0.2, 0.25) is 5.56 Å². The van der Waals surface area contributed by atoms with Crippen molar-refractivity contribution < 1.29 is 0 Å². The van der Waals surface area contributed by atoms with Crippen molar-refractivity contribution in [2.75, 3.05) is 0 Å². The van der Waals surface area contributed by atoms with E-state index in [4.69, 9.17) is 5.73 Å². The maximum atomic E-state index is 10.7. The van der Waals surface area contributed by atoms with Crippen molar-refractivity contribution in [3.05, 3.63) is 33.7 Å². The third-order valence-electron chi connectivity index (χ3n) is 1.44. The van der Waals surface area contributed by atoms with Gasteiger partial charge in [0.25, 0.3) is 0 Å². The first kappa shape index (κ1) is 14.0. The lowest BCUT2D eigenvalue weighted by molar-refractivity contribution is 0.952. The van der Waals surface area contributed by atoms with Gasteiger partial charge in [0, 0.05) is 18.3 Å². The maximum Gasteiger partial charge on any atom is 0.248 e. The van der Waals surface area contributed by atoms with Gasteiger partial charge in [-0.25, -0.2) is 0 Å². The van der Waals surface area contributed by atoms with Crippen LogP contribution in [0.4, 0.5) is 0 Å². The highest BCUT2D eigenvalue weighted by molar-refractivity contribution is 5.85. The molecule has 0 spiro atoms. The summed E-state index contributed by atoms with van der Waals surface area (Å²) in [6.45, 7) is 2.31. The van der Waals surface area contributed by atoms with Gasteiger partial charge in [-0.3, -0.25) is 4.79 Å². The lowest BCUT2D eigenvalue weighted by Crippen LogP contribution is -2.11. The Morgan fingerprint density at radius 1 is 1.42 bits per heavy atom. The van der Waals surface area contributed by atoms with Gasteiger partial charge < -0.3 is 10.7 Å². The Kier molecular flexibility index (Phi) is 7.09. The van der Waals surface area contributed by atoms with Crippen molar-refractivity contribution >= 4 is 24.8 Å². The first-order chi connectivity index (χ1) is 4.74. The van der Waals surface area contributed by atoms with Crippen molar-refractivity contribution in [2.45, 2.75) is 13.5 Å². The van der Waals surface area contributed by atoms with E-state index in [9.17, 15) is 4.79 Å². The molecule has 0 bridgehead atoms. The van der Waals surface area contributed by atoms with Gasteiger partial charge in [0.15, 0.2) is 0 Å². The Balaban J connectivity index is 0. The van der Waals surface area contributed by atoms with Crippen LogP contribution < -0.4 is 11.3 Å². The molecule has 1 aromatic rings. The number of halogens is 2. The van der Waals surface area contributed by atoms with Crippen LogP contribution in [-0.2, 0) is 6.54 Å². The minimum atomic E-state index is -0.0916. The summed E-state index contributed by atoms with van der Waals surface area (Å²) in [4.78, 5) is 13.3. The van der Waals surface area contributed by atoms with E-state index < -0.39 is 0 Å². The molecule has 0 saturated carbocycles. The predicted molar refractivity (Wildman–Crippen MR) is 54.2 cm³/mol. The maximum absolute atomic E-state index is 10.7. The number of hydrogen-bond donors (Lipinski definition) is 2. The van der Waals surface area contributed by atoms with Crippen LogP contribution in [0.3, 0.4) is 0 Å². The molecule has 0 aromatic carbocycles. The number of aromatic nitrogens is 1.